The average Bonchev–Trinajstić information content (AvgIpc) is 2.82. The van der Waals surface area contributed by atoms with Crippen LogP contribution in [0, 0.1) is 5.92 Å². The molecule has 2 aromatic heterocycles. The molecule has 0 aromatic carbocycles. The average molecular weight is 293 g/mol. The molecule has 20 heavy (non-hydrogen) atoms. The van der Waals surface area contributed by atoms with Crippen LogP contribution in [0.25, 0.3) is 11.2 Å². The van der Waals surface area contributed by atoms with E-state index < -0.39 is 0 Å². The molecule has 1 atom stereocenters. The van der Waals surface area contributed by atoms with Crippen LogP contribution in [0.5, 0.6) is 0 Å². The SMILES string of the molecule is CCCCSc1nc(N)nc2c1ncn2CC(C)CC. The number of rotatable bonds is 7. The molecule has 0 bridgehead atoms. The predicted molar refractivity (Wildman–Crippen MR) is 84.8 cm³/mol. The van der Waals surface area contributed by atoms with E-state index >= 15 is 0 Å². The van der Waals surface area contributed by atoms with E-state index in [-0.39, 0.29) is 0 Å². The summed E-state index contributed by atoms with van der Waals surface area (Å²) >= 11 is 1.72. The highest BCUT2D eigenvalue weighted by molar-refractivity contribution is 7.99. The van der Waals surface area contributed by atoms with Gasteiger partial charge in [-0.2, -0.15) is 4.98 Å². The number of anilines is 1. The molecule has 6 heteroatoms. The summed E-state index contributed by atoms with van der Waals surface area (Å²) in [5.41, 5.74) is 7.58. The number of aromatic nitrogens is 4. The van der Waals surface area contributed by atoms with Crippen molar-refractivity contribution >= 4 is 28.9 Å². The van der Waals surface area contributed by atoms with Gasteiger partial charge in [-0.25, -0.2) is 9.97 Å². The molecule has 2 rings (SSSR count). The molecule has 0 spiro atoms. The zero-order valence-electron chi connectivity index (χ0n) is 12.5. The Morgan fingerprint density at radius 1 is 1.35 bits per heavy atom. The van der Waals surface area contributed by atoms with Crippen LogP contribution < -0.4 is 5.73 Å². The Hall–Kier alpha value is -1.30. The van der Waals surface area contributed by atoms with E-state index in [0.29, 0.717) is 11.9 Å². The molecule has 0 aliphatic heterocycles. The minimum Gasteiger partial charge on any atom is -0.368 e. The highest BCUT2D eigenvalue weighted by Gasteiger charge is 2.13. The Morgan fingerprint density at radius 3 is 2.85 bits per heavy atom. The number of hydrogen-bond donors (Lipinski definition) is 1. The van der Waals surface area contributed by atoms with Gasteiger partial charge in [0.15, 0.2) is 5.65 Å². The number of nitrogens with zero attached hydrogens (tertiary/aromatic N) is 4. The fourth-order valence-corrected chi connectivity index (χ4v) is 3.01. The van der Waals surface area contributed by atoms with E-state index in [1.54, 1.807) is 11.8 Å². The van der Waals surface area contributed by atoms with Gasteiger partial charge in [-0.05, 0) is 18.1 Å². The van der Waals surface area contributed by atoms with Crippen LogP contribution in [0.15, 0.2) is 11.4 Å². The minimum atomic E-state index is 0.336. The summed E-state index contributed by atoms with van der Waals surface area (Å²) < 4.78 is 2.09. The van der Waals surface area contributed by atoms with Gasteiger partial charge < -0.3 is 10.3 Å². The van der Waals surface area contributed by atoms with Crippen molar-refractivity contribution in [1.82, 2.24) is 19.5 Å². The van der Waals surface area contributed by atoms with E-state index in [4.69, 9.17) is 5.73 Å². The van der Waals surface area contributed by atoms with Gasteiger partial charge in [-0.3, -0.25) is 0 Å². The molecular weight excluding hydrogens is 270 g/mol. The number of nitrogens with two attached hydrogens (primary N) is 1. The van der Waals surface area contributed by atoms with Crippen molar-refractivity contribution in [3.8, 4) is 0 Å². The molecule has 0 aliphatic rings. The van der Waals surface area contributed by atoms with Gasteiger partial charge in [0, 0.05) is 6.54 Å². The monoisotopic (exact) mass is 293 g/mol. The van der Waals surface area contributed by atoms with Crippen LogP contribution in [-0.4, -0.2) is 25.3 Å². The first-order valence-corrected chi connectivity index (χ1v) is 8.25. The molecule has 2 aromatic rings. The Bertz CT molecular complexity index is 566. The molecule has 0 radical (unpaired) electrons. The topological polar surface area (TPSA) is 69.6 Å². The predicted octanol–water partition coefficient (Wildman–Crippen LogP) is 3.35. The van der Waals surface area contributed by atoms with Crippen LogP contribution in [0.1, 0.15) is 40.0 Å². The number of nitrogen functional groups attached to an aromatic ring is 1. The largest absolute Gasteiger partial charge is 0.368 e. The second-order valence-electron chi connectivity index (χ2n) is 5.17. The van der Waals surface area contributed by atoms with Crippen molar-refractivity contribution in [3.63, 3.8) is 0 Å². The van der Waals surface area contributed by atoms with Crippen LogP contribution in [-0.2, 0) is 6.54 Å². The normalized spacial score (nSPS) is 12.9. The van der Waals surface area contributed by atoms with Crippen molar-refractivity contribution in [2.24, 2.45) is 5.92 Å². The van der Waals surface area contributed by atoms with E-state index in [2.05, 4.69) is 40.3 Å². The van der Waals surface area contributed by atoms with Gasteiger partial charge in [0.25, 0.3) is 0 Å². The third-order valence-corrected chi connectivity index (χ3v) is 4.44. The molecular formula is C14H23N5S. The Kier molecular flexibility index (Phi) is 5.23. The number of thioether (sulfide) groups is 1. The van der Waals surface area contributed by atoms with Crippen molar-refractivity contribution in [2.45, 2.75) is 51.6 Å². The van der Waals surface area contributed by atoms with Crippen molar-refractivity contribution < 1.29 is 0 Å². The summed E-state index contributed by atoms with van der Waals surface area (Å²) in [6.07, 6.45) is 5.34. The lowest BCUT2D eigenvalue weighted by atomic mass is 10.1. The van der Waals surface area contributed by atoms with Crippen LogP contribution in [0.4, 0.5) is 5.95 Å². The molecule has 0 fully saturated rings. The van der Waals surface area contributed by atoms with Crippen LogP contribution >= 0.6 is 11.8 Å². The molecule has 2 heterocycles. The van der Waals surface area contributed by atoms with Gasteiger partial charge >= 0.3 is 0 Å². The lowest BCUT2D eigenvalue weighted by Gasteiger charge is -2.10. The fraction of sp³-hybridized carbons (Fsp3) is 0.643. The smallest absolute Gasteiger partial charge is 0.223 e. The van der Waals surface area contributed by atoms with Crippen LogP contribution in [0.2, 0.25) is 0 Å². The van der Waals surface area contributed by atoms with Crippen molar-refractivity contribution in [1.29, 1.82) is 0 Å². The zero-order chi connectivity index (χ0) is 14.5. The molecule has 2 N–H and O–H groups in total. The lowest BCUT2D eigenvalue weighted by molar-refractivity contribution is 0.474. The molecule has 0 amide bonds. The summed E-state index contributed by atoms with van der Waals surface area (Å²) in [5.74, 6) is 1.97. The summed E-state index contributed by atoms with van der Waals surface area (Å²) in [4.78, 5) is 13.2. The Balaban J connectivity index is 2.30. The van der Waals surface area contributed by atoms with E-state index in [0.717, 1.165) is 34.9 Å². The number of imidazole rings is 1. The quantitative estimate of drug-likeness (QED) is 0.481. The Labute approximate surface area is 124 Å². The van der Waals surface area contributed by atoms with E-state index in [1.807, 2.05) is 6.33 Å². The summed E-state index contributed by atoms with van der Waals surface area (Å²) in [7, 11) is 0. The second-order valence-corrected chi connectivity index (χ2v) is 6.26. The first-order valence-electron chi connectivity index (χ1n) is 7.26. The third-order valence-electron chi connectivity index (χ3n) is 3.39. The first kappa shape index (κ1) is 15.1. The van der Waals surface area contributed by atoms with Crippen molar-refractivity contribution in [2.75, 3.05) is 11.5 Å². The Morgan fingerprint density at radius 2 is 2.15 bits per heavy atom. The first-order chi connectivity index (χ1) is 9.65. The standard InChI is InChI=1S/C14H23N5S/c1-4-6-7-20-13-11-12(17-14(15)18-13)19(9-16-11)8-10(3)5-2/h9-10H,4-8H2,1-3H3,(H2,15,17,18). The van der Waals surface area contributed by atoms with Crippen LogP contribution in [0.3, 0.4) is 0 Å². The lowest BCUT2D eigenvalue weighted by Crippen LogP contribution is -2.07. The molecule has 0 aliphatic carbocycles. The molecule has 0 saturated heterocycles. The highest BCUT2D eigenvalue weighted by atomic mass is 32.2. The number of fused-ring (bicyclic) bond motifs is 1. The van der Waals surface area contributed by atoms with Gasteiger partial charge in [-0.15, -0.1) is 11.8 Å². The summed E-state index contributed by atoms with van der Waals surface area (Å²) in [6.45, 7) is 7.53. The maximum absolute atomic E-state index is 5.84. The maximum atomic E-state index is 5.84. The number of hydrogen-bond acceptors (Lipinski definition) is 5. The van der Waals surface area contributed by atoms with Gasteiger partial charge in [-0.1, -0.05) is 33.6 Å². The zero-order valence-corrected chi connectivity index (χ0v) is 13.3. The minimum absolute atomic E-state index is 0.336. The summed E-state index contributed by atoms with van der Waals surface area (Å²) in [6, 6.07) is 0. The molecule has 5 nitrogen and oxygen atoms in total. The highest BCUT2D eigenvalue weighted by Crippen LogP contribution is 2.26. The van der Waals surface area contributed by atoms with Gasteiger partial charge in [0.2, 0.25) is 5.95 Å². The number of unbranched alkanes of at least 4 members (excludes halogenated alkanes) is 1. The second kappa shape index (κ2) is 6.92. The molecule has 1 unspecified atom stereocenters. The van der Waals surface area contributed by atoms with Crippen molar-refractivity contribution in [3.05, 3.63) is 6.33 Å². The fourth-order valence-electron chi connectivity index (χ4n) is 1.95. The molecule has 110 valence electrons. The molecule has 0 saturated carbocycles. The third kappa shape index (κ3) is 3.42. The van der Waals surface area contributed by atoms with Gasteiger partial charge in [0.05, 0.1) is 6.33 Å². The van der Waals surface area contributed by atoms with E-state index in [9.17, 15) is 0 Å². The van der Waals surface area contributed by atoms with E-state index in [1.165, 1.54) is 12.8 Å². The van der Waals surface area contributed by atoms with Gasteiger partial charge in [0.1, 0.15) is 10.5 Å². The maximum Gasteiger partial charge on any atom is 0.223 e. The summed E-state index contributed by atoms with van der Waals surface area (Å²) in [5, 5.41) is 0.906.